The van der Waals surface area contributed by atoms with Gasteiger partial charge in [0, 0.05) is 21.1 Å². The number of carbonyl (C=O) groups is 1. The maximum atomic E-state index is 13.5. The fourth-order valence-electron chi connectivity index (χ4n) is 3.62. The van der Waals surface area contributed by atoms with Gasteiger partial charge in [-0.1, -0.05) is 87.7 Å². The van der Waals surface area contributed by atoms with E-state index in [4.69, 9.17) is 27.9 Å². The van der Waals surface area contributed by atoms with E-state index in [1.54, 1.807) is 36.4 Å². The van der Waals surface area contributed by atoms with Gasteiger partial charge in [-0.25, -0.2) is 13.8 Å². The number of benzene rings is 4. The van der Waals surface area contributed by atoms with Gasteiger partial charge in [-0.3, -0.25) is 4.79 Å². The molecule has 0 aliphatic heterocycles. The highest BCUT2D eigenvalue weighted by molar-refractivity contribution is 9.10. The van der Waals surface area contributed by atoms with E-state index in [0.29, 0.717) is 28.5 Å². The molecule has 4 rings (SSSR count). The van der Waals surface area contributed by atoms with Crippen LogP contribution in [0.15, 0.2) is 112 Å². The molecule has 7 nitrogen and oxygen atoms in total. The summed E-state index contributed by atoms with van der Waals surface area (Å²) in [7, 11) is -4.06. The van der Waals surface area contributed by atoms with Gasteiger partial charge in [0.1, 0.15) is 12.4 Å². The van der Waals surface area contributed by atoms with Crippen LogP contribution in [0.4, 0.5) is 0 Å². The van der Waals surface area contributed by atoms with E-state index in [0.717, 1.165) is 14.3 Å². The van der Waals surface area contributed by atoms with Gasteiger partial charge >= 0.3 is 0 Å². The standard InChI is InChI=1S/C29H24BrCl2N3O4S/c30-24-10-13-27(14-11-24)40(37,38)35(18-23-9-12-25(31)16-28(23)32)19-29(36)34-33-17-22-7-4-8-26(15-22)39-20-21-5-2-1-3-6-21/h1-17H,18-20H2,(H,34,36)/b33-17+. The minimum absolute atomic E-state index is 0.0319. The van der Waals surface area contributed by atoms with Gasteiger partial charge in [0.15, 0.2) is 0 Å². The number of carbonyl (C=O) groups excluding carboxylic acids is 1. The summed E-state index contributed by atoms with van der Waals surface area (Å²) in [5.74, 6) is 0.0178. The van der Waals surface area contributed by atoms with Crippen molar-refractivity contribution < 1.29 is 17.9 Å². The second-order valence-corrected chi connectivity index (χ2v) is 12.3. The molecule has 0 unspecified atom stereocenters. The Hall–Kier alpha value is -3.21. The number of rotatable bonds is 11. The summed E-state index contributed by atoms with van der Waals surface area (Å²) < 4.78 is 34.5. The lowest BCUT2D eigenvalue weighted by Crippen LogP contribution is -2.39. The quantitative estimate of drug-likeness (QED) is 0.144. The monoisotopic (exact) mass is 659 g/mol. The van der Waals surface area contributed by atoms with Crippen LogP contribution >= 0.6 is 39.1 Å². The van der Waals surface area contributed by atoms with E-state index < -0.39 is 22.5 Å². The molecule has 40 heavy (non-hydrogen) atoms. The highest BCUT2D eigenvalue weighted by atomic mass is 79.9. The lowest BCUT2D eigenvalue weighted by Gasteiger charge is -2.22. The molecule has 0 saturated carbocycles. The zero-order chi connectivity index (χ0) is 28.5. The molecule has 1 N–H and O–H groups in total. The number of hydrogen-bond acceptors (Lipinski definition) is 5. The van der Waals surface area contributed by atoms with Crippen LogP contribution in [-0.4, -0.2) is 31.4 Å². The Balaban J connectivity index is 1.45. The third-order valence-corrected chi connectivity index (χ3v) is 8.56. The number of amides is 1. The van der Waals surface area contributed by atoms with Crippen LogP contribution in [0.25, 0.3) is 0 Å². The van der Waals surface area contributed by atoms with Gasteiger partial charge in [-0.05, 0) is 65.2 Å². The Morgan fingerprint density at radius 1 is 0.950 bits per heavy atom. The molecule has 0 heterocycles. The smallest absolute Gasteiger partial charge is 0.255 e. The van der Waals surface area contributed by atoms with Crippen LogP contribution < -0.4 is 10.2 Å². The zero-order valence-corrected chi connectivity index (χ0v) is 24.9. The molecule has 0 atom stereocenters. The lowest BCUT2D eigenvalue weighted by atomic mass is 10.2. The summed E-state index contributed by atoms with van der Waals surface area (Å²) in [6.45, 7) is -0.222. The summed E-state index contributed by atoms with van der Waals surface area (Å²) in [6.07, 6.45) is 1.46. The van der Waals surface area contributed by atoms with Crippen LogP contribution in [-0.2, 0) is 28.0 Å². The second-order valence-electron chi connectivity index (χ2n) is 8.60. The van der Waals surface area contributed by atoms with Crippen molar-refractivity contribution in [3.63, 3.8) is 0 Å². The summed E-state index contributed by atoms with van der Waals surface area (Å²) >= 11 is 15.6. The number of hydrazone groups is 1. The predicted molar refractivity (Wildman–Crippen MR) is 161 cm³/mol. The first-order valence-electron chi connectivity index (χ1n) is 12.0. The van der Waals surface area contributed by atoms with Crippen molar-refractivity contribution >= 4 is 61.3 Å². The normalized spacial score (nSPS) is 11.6. The molecule has 0 saturated heterocycles. The van der Waals surface area contributed by atoms with E-state index in [2.05, 4.69) is 26.5 Å². The van der Waals surface area contributed by atoms with Gasteiger partial charge < -0.3 is 4.74 Å². The fourth-order valence-corrected chi connectivity index (χ4v) is 5.73. The van der Waals surface area contributed by atoms with Crippen LogP contribution in [0.1, 0.15) is 16.7 Å². The molecular formula is C29H24BrCl2N3O4S. The molecule has 206 valence electrons. The number of hydrogen-bond donors (Lipinski definition) is 1. The van der Waals surface area contributed by atoms with Crippen molar-refractivity contribution in [2.75, 3.05) is 6.54 Å². The first kappa shape index (κ1) is 29.8. The largest absolute Gasteiger partial charge is 0.489 e. The molecule has 0 bridgehead atoms. The predicted octanol–water partition coefficient (Wildman–Crippen LogP) is 6.68. The van der Waals surface area contributed by atoms with Gasteiger partial charge in [0.2, 0.25) is 10.0 Å². The van der Waals surface area contributed by atoms with Crippen LogP contribution in [0.2, 0.25) is 10.0 Å². The Bertz CT molecular complexity index is 1600. The summed E-state index contributed by atoms with van der Waals surface area (Å²) in [6, 6.07) is 27.9. The van der Waals surface area contributed by atoms with Crippen LogP contribution in [0.3, 0.4) is 0 Å². The molecular weight excluding hydrogens is 637 g/mol. The van der Waals surface area contributed by atoms with E-state index >= 15 is 0 Å². The molecule has 0 spiro atoms. The van der Waals surface area contributed by atoms with Gasteiger partial charge in [0.25, 0.3) is 5.91 Å². The number of nitrogens with zero attached hydrogens (tertiary/aromatic N) is 2. The van der Waals surface area contributed by atoms with Crippen molar-refractivity contribution in [2.45, 2.75) is 18.0 Å². The van der Waals surface area contributed by atoms with Crippen LogP contribution in [0.5, 0.6) is 5.75 Å². The Kier molecular flexibility index (Phi) is 10.4. The fraction of sp³-hybridized carbons (Fsp3) is 0.103. The zero-order valence-electron chi connectivity index (χ0n) is 21.0. The van der Waals surface area contributed by atoms with Crippen molar-refractivity contribution in [1.82, 2.24) is 9.73 Å². The summed E-state index contributed by atoms with van der Waals surface area (Å²) in [5, 5.41) is 4.71. The SMILES string of the molecule is O=C(CN(Cc1ccc(Cl)cc1Cl)S(=O)(=O)c1ccc(Br)cc1)N/N=C/c1cccc(OCc2ccccc2)c1. The molecule has 0 radical (unpaired) electrons. The van der Waals surface area contributed by atoms with Gasteiger partial charge in [-0.2, -0.15) is 9.41 Å². The van der Waals surface area contributed by atoms with Crippen molar-refractivity contribution in [2.24, 2.45) is 5.10 Å². The molecule has 0 fully saturated rings. The average Bonchev–Trinajstić information content (AvgIpc) is 2.94. The highest BCUT2D eigenvalue weighted by Gasteiger charge is 2.27. The molecule has 0 aliphatic rings. The first-order valence-corrected chi connectivity index (χ1v) is 15.0. The number of nitrogens with one attached hydrogen (secondary N) is 1. The third-order valence-electron chi connectivity index (χ3n) is 5.64. The summed E-state index contributed by atoms with van der Waals surface area (Å²) in [5.41, 5.74) is 4.63. The van der Waals surface area contributed by atoms with Gasteiger partial charge in [-0.15, -0.1) is 0 Å². The van der Waals surface area contributed by atoms with Gasteiger partial charge in [0.05, 0.1) is 17.7 Å². The maximum Gasteiger partial charge on any atom is 0.255 e. The summed E-state index contributed by atoms with van der Waals surface area (Å²) in [4.78, 5) is 12.8. The minimum Gasteiger partial charge on any atom is -0.489 e. The first-order chi connectivity index (χ1) is 19.2. The number of ether oxygens (including phenoxy) is 1. The van der Waals surface area contributed by atoms with Crippen molar-refractivity contribution in [3.05, 3.63) is 128 Å². The Morgan fingerprint density at radius 3 is 2.42 bits per heavy atom. The van der Waals surface area contributed by atoms with Crippen molar-refractivity contribution in [3.8, 4) is 5.75 Å². The number of halogens is 3. The Labute approximate surface area is 251 Å². The topological polar surface area (TPSA) is 88.1 Å². The average molecular weight is 661 g/mol. The number of sulfonamides is 1. The van der Waals surface area contributed by atoms with Crippen molar-refractivity contribution in [1.29, 1.82) is 0 Å². The Morgan fingerprint density at radius 2 is 1.70 bits per heavy atom. The maximum absolute atomic E-state index is 13.5. The molecule has 11 heteroatoms. The van der Waals surface area contributed by atoms with Crippen LogP contribution in [0, 0.1) is 0 Å². The van der Waals surface area contributed by atoms with E-state index in [1.165, 1.54) is 24.4 Å². The molecule has 4 aromatic carbocycles. The molecule has 4 aromatic rings. The molecule has 0 aromatic heterocycles. The highest BCUT2D eigenvalue weighted by Crippen LogP contribution is 2.26. The lowest BCUT2D eigenvalue weighted by molar-refractivity contribution is -0.121. The molecule has 0 aliphatic carbocycles. The minimum atomic E-state index is -4.06. The van der Waals surface area contributed by atoms with E-state index in [1.807, 2.05) is 42.5 Å². The molecule has 1 amide bonds. The van der Waals surface area contributed by atoms with E-state index in [-0.39, 0.29) is 16.5 Å². The third kappa shape index (κ3) is 8.39. The second kappa shape index (κ2) is 13.9. The van der Waals surface area contributed by atoms with E-state index in [9.17, 15) is 13.2 Å².